The number of fused-ring (bicyclic) bond motifs is 2. The van der Waals surface area contributed by atoms with Crippen LogP contribution in [0.2, 0.25) is 0 Å². The van der Waals surface area contributed by atoms with Gasteiger partial charge in [0.2, 0.25) is 0 Å². The molecule has 0 amide bonds. The summed E-state index contributed by atoms with van der Waals surface area (Å²) in [5.41, 5.74) is 8.15. The van der Waals surface area contributed by atoms with Gasteiger partial charge in [-0.2, -0.15) is 0 Å². The smallest absolute Gasteiger partial charge is 0.175 e. The second kappa shape index (κ2) is 8.28. The molecule has 2 heterocycles. The second-order valence-electron chi connectivity index (χ2n) is 9.71. The molecule has 3 aromatic rings. The number of sulfone groups is 1. The first-order valence-corrected chi connectivity index (χ1v) is 13.4. The van der Waals surface area contributed by atoms with Crippen molar-refractivity contribution in [3.63, 3.8) is 0 Å². The van der Waals surface area contributed by atoms with E-state index in [1.165, 1.54) is 28.6 Å². The van der Waals surface area contributed by atoms with E-state index in [1.807, 2.05) is 12.1 Å². The van der Waals surface area contributed by atoms with E-state index in [0.717, 1.165) is 49.5 Å². The highest BCUT2D eigenvalue weighted by Crippen LogP contribution is 2.46. The molecule has 0 radical (unpaired) electrons. The summed E-state index contributed by atoms with van der Waals surface area (Å²) in [5, 5.41) is 7.05. The summed E-state index contributed by atoms with van der Waals surface area (Å²) in [4.78, 5) is 2.85. The van der Waals surface area contributed by atoms with Gasteiger partial charge in [-0.05, 0) is 58.1 Å². The minimum atomic E-state index is -3.20. The Morgan fingerprint density at radius 2 is 1.45 bits per heavy atom. The van der Waals surface area contributed by atoms with Gasteiger partial charge in [0.1, 0.15) is 0 Å². The fourth-order valence-electron chi connectivity index (χ4n) is 4.98. The van der Waals surface area contributed by atoms with E-state index in [-0.39, 0.29) is 5.41 Å². The molecule has 2 N–H and O–H groups in total. The van der Waals surface area contributed by atoms with Gasteiger partial charge in [0.15, 0.2) is 9.84 Å². The lowest BCUT2D eigenvalue weighted by molar-refractivity contribution is 0.233. The molecule has 0 atom stereocenters. The Labute approximate surface area is 196 Å². The molecule has 2 aliphatic heterocycles. The molecule has 5 rings (SSSR count). The number of benzene rings is 3. The van der Waals surface area contributed by atoms with Crippen molar-refractivity contribution < 1.29 is 8.42 Å². The maximum Gasteiger partial charge on any atom is 0.175 e. The standard InChI is InChI=1S/C27H31N3O2S/c1-27(2)23-16-19(18-30-14-12-28-13-15-30)4-10-25(23)29-26-11-7-21(17-24(26)27)20-5-8-22(9-6-20)33(3,31)32/h4-11,16-17,28-29H,12-15,18H2,1-3H3. The number of hydrogen-bond acceptors (Lipinski definition) is 5. The SMILES string of the molecule is CC1(C)c2cc(CN3CCNCC3)ccc2Nc2ccc(-c3ccc(S(C)(=O)=O)cc3)cc21. The summed E-state index contributed by atoms with van der Waals surface area (Å²) < 4.78 is 23.6. The van der Waals surface area contributed by atoms with Gasteiger partial charge < -0.3 is 10.6 Å². The minimum Gasteiger partial charge on any atom is -0.355 e. The maximum atomic E-state index is 11.8. The maximum absolute atomic E-state index is 11.8. The predicted molar refractivity (Wildman–Crippen MR) is 135 cm³/mol. The van der Waals surface area contributed by atoms with Crippen LogP contribution < -0.4 is 10.6 Å². The summed E-state index contributed by atoms with van der Waals surface area (Å²) in [7, 11) is -3.20. The van der Waals surface area contributed by atoms with E-state index < -0.39 is 9.84 Å². The van der Waals surface area contributed by atoms with Crippen LogP contribution in [0.3, 0.4) is 0 Å². The van der Waals surface area contributed by atoms with Gasteiger partial charge in [-0.1, -0.05) is 44.2 Å². The van der Waals surface area contributed by atoms with E-state index in [9.17, 15) is 8.42 Å². The van der Waals surface area contributed by atoms with E-state index in [1.54, 1.807) is 12.1 Å². The highest BCUT2D eigenvalue weighted by Gasteiger charge is 2.33. The Morgan fingerprint density at radius 1 is 0.848 bits per heavy atom. The van der Waals surface area contributed by atoms with Crippen molar-refractivity contribution in [1.82, 2.24) is 10.2 Å². The van der Waals surface area contributed by atoms with Crippen molar-refractivity contribution in [2.24, 2.45) is 0 Å². The third kappa shape index (κ3) is 4.31. The van der Waals surface area contributed by atoms with Gasteiger partial charge in [0.05, 0.1) is 4.90 Å². The molecule has 2 aliphatic rings. The zero-order chi connectivity index (χ0) is 23.2. The number of nitrogens with one attached hydrogen (secondary N) is 2. The van der Waals surface area contributed by atoms with E-state index in [0.29, 0.717) is 4.90 Å². The largest absolute Gasteiger partial charge is 0.355 e. The molecule has 0 aliphatic carbocycles. The highest BCUT2D eigenvalue weighted by atomic mass is 32.2. The highest BCUT2D eigenvalue weighted by molar-refractivity contribution is 7.90. The van der Waals surface area contributed by atoms with Gasteiger partial charge in [-0.15, -0.1) is 0 Å². The Hall–Kier alpha value is -2.67. The zero-order valence-corrected chi connectivity index (χ0v) is 20.3. The van der Waals surface area contributed by atoms with Crippen LogP contribution in [-0.2, 0) is 21.8 Å². The van der Waals surface area contributed by atoms with Crippen LogP contribution in [0.25, 0.3) is 11.1 Å². The molecule has 172 valence electrons. The van der Waals surface area contributed by atoms with E-state index in [4.69, 9.17) is 0 Å². The molecule has 3 aromatic carbocycles. The van der Waals surface area contributed by atoms with Crippen LogP contribution in [0.4, 0.5) is 11.4 Å². The molecule has 1 saturated heterocycles. The van der Waals surface area contributed by atoms with Crippen molar-refractivity contribution in [1.29, 1.82) is 0 Å². The van der Waals surface area contributed by atoms with Gasteiger partial charge in [0, 0.05) is 55.8 Å². The van der Waals surface area contributed by atoms with Gasteiger partial charge in [-0.25, -0.2) is 8.42 Å². The Bertz CT molecular complexity index is 1290. The van der Waals surface area contributed by atoms with Crippen LogP contribution in [0, 0.1) is 0 Å². The molecule has 6 heteroatoms. The minimum absolute atomic E-state index is 0.155. The molecule has 0 unspecified atom stereocenters. The van der Waals surface area contributed by atoms with E-state index >= 15 is 0 Å². The Kier molecular flexibility index (Phi) is 5.55. The topological polar surface area (TPSA) is 61.4 Å². The second-order valence-corrected chi connectivity index (χ2v) is 11.7. The van der Waals surface area contributed by atoms with Crippen LogP contribution in [0.5, 0.6) is 0 Å². The monoisotopic (exact) mass is 461 g/mol. The third-order valence-electron chi connectivity index (χ3n) is 6.95. The van der Waals surface area contributed by atoms with Gasteiger partial charge in [0.25, 0.3) is 0 Å². The molecular formula is C27H31N3O2S. The lowest BCUT2D eigenvalue weighted by Crippen LogP contribution is -2.42. The normalized spacial score (nSPS) is 17.7. The Balaban J connectivity index is 1.47. The van der Waals surface area contributed by atoms with E-state index in [2.05, 4.69) is 65.8 Å². The van der Waals surface area contributed by atoms with Crippen LogP contribution >= 0.6 is 0 Å². The molecular weight excluding hydrogens is 430 g/mol. The van der Waals surface area contributed by atoms with Crippen LogP contribution in [0.15, 0.2) is 65.6 Å². The fraction of sp³-hybridized carbons (Fsp3) is 0.333. The number of rotatable bonds is 4. The lowest BCUT2D eigenvalue weighted by atomic mass is 9.73. The first kappa shape index (κ1) is 22.1. The average molecular weight is 462 g/mol. The molecule has 0 aromatic heterocycles. The molecule has 5 nitrogen and oxygen atoms in total. The molecule has 33 heavy (non-hydrogen) atoms. The summed E-state index contributed by atoms with van der Waals surface area (Å²) in [5.74, 6) is 0. The molecule has 0 spiro atoms. The Morgan fingerprint density at radius 3 is 2.12 bits per heavy atom. The summed E-state index contributed by atoms with van der Waals surface area (Å²) in [6, 6.07) is 20.4. The first-order valence-electron chi connectivity index (χ1n) is 11.5. The molecule has 0 saturated carbocycles. The van der Waals surface area contributed by atoms with Crippen molar-refractivity contribution >= 4 is 21.2 Å². The number of hydrogen-bond donors (Lipinski definition) is 2. The quantitative estimate of drug-likeness (QED) is 0.597. The number of nitrogens with zero attached hydrogens (tertiary/aromatic N) is 1. The predicted octanol–water partition coefficient (Wildman–Crippen LogP) is 4.55. The van der Waals surface area contributed by atoms with Crippen molar-refractivity contribution in [3.8, 4) is 11.1 Å². The summed E-state index contributed by atoms with van der Waals surface area (Å²) in [6.07, 6.45) is 1.24. The third-order valence-corrected chi connectivity index (χ3v) is 8.08. The molecule has 1 fully saturated rings. The van der Waals surface area contributed by atoms with Gasteiger partial charge >= 0.3 is 0 Å². The summed E-state index contributed by atoms with van der Waals surface area (Å²) >= 11 is 0. The van der Waals surface area contributed by atoms with Crippen LogP contribution in [-0.4, -0.2) is 45.8 Å². The zero-order valence-electron chi connectivity index (χ0n) is 19.5. The first-order chi connectivity index (χ1) is 15.7. The van der Waals surface area contributed by atoms with Crippen molar-refractivity contribution in [3.05, 3.63) is 77.4 Å². The number of anilines is 2. The van der Waals surface area contributed by atoms with Crippen molar-refractivity contribution in [2.75, 3.05) is 37.8 Å². The lowest BCUT2D eigenvalue weighted by Gasteiger charge is -2.37. The fourth-order valence-corrected chi connectivity index (χ4v) is 5.61. The molecule has 0 bridgehead atoms. The van der Waals surface area contributed by atoms with Crippen molar-refractivity contribution in [2.45, 2.75) is 30.7 Å². The van der Waals surface area contributed by atoms with Crippen LogP contribution in [0.1, 0.15) is 30.5 Å². The van der Waals surface area contributed by atoms with Gasteiger partial charge in [-0.3, -0.25) is 4.90 Å². The number of piperazine rings is 1. The average Bonchev–Trinajstić information content (AvgIpc) is 2.80. The summed E-state index contributed by atoms with van der Waals surface area (Å²) in [6.45, 7) is 9.84.